The molecule has 1 aliphatic rings. The van der Waals surface area contributed by atoms with Gasteiger partial charge in [-0.2, -0.15) is 39.0 Å². The lowest BCUT2D eigenvalue weighted by molar-refractivity contribution is -0.143. The van der Waals surface area contributed by atoms with Crippen molar-refractivity contribution in [3.05, 3.63) is 70.0 Å². The van der Waals surface area contributed by atoms with Gasteiger partial charge >= 0.3 is 18.4 Å². The Morgan fingerprint density at radius 1 is 1.06 bits per heavy atom. The van der Waals surface area contributed by atoms with Gasteiger partial charge < -0.3 is 9.80 Å². The van der Waals surface area contributed by atoms with Gasteiger partial charge in [0.05, 0.1) is 23.2 Å². The van der Waals surface area contributed by atoms with Crippen LogP contribution < -0.4 is 0 Å². The minimum Gasteiger partial charge on any atom is -0.321 e. The molecule has 1 saturated heterocycles. The zero-order valence-corrected chi connectivity index (χ0v) is 20.1. The maximum absolute atomic E-state index is 13.6. The molecule has 3 rings (SSSR count). The molecule has 192 valence electrons. The van der Waals surface area contributed by atoms with Crippen molar-refractivity contribution < 1.29 is 35.5 Å². The van der Waals surface area contributed by atoms with Gasteiger partial charge in [0.25, 0.3) is 0 Å². The van der Waals surface area contributed by atoms with Crippen LogP contribution in [0.3, 0.4) is 0 Å². The zero-order valence-electron chi connectivity index (χ0n) is 19.2. The number of rotatable bonds is 3. The van der Waals surface area contributed by atoms with Crippen molar-refractivity contribution in [1.29, 1.82) is 0 Å². The number of carbonyl (C=O) groups excluding carboxylic acids is 1. The lowest BCUT2D eigenvalue weighted by atomic mass is 9.92. The van der Waals surface area contributed by atoms with Gasteiger partial charge in [-0.15, -0.1) is 0 Å². The van der Waals surface area contributed by atoms with E-state index in [-0.39, 0.29) is 23.4 Å². The number of halogens is 7. The quantitative estimate of drug-likeness (QED) is 0.329. The molecule has 2 aromatic rings. The maximum atomic E-state index is 13.6. The van der Waals surface area contributed by atoms with E-state index >= 15 is 0 Å². The van der Waals surface area contributed by atoms with Crippen LogP contribution in [0.4, 0.5) is 35.5 Å². The molecular weight excluding hydrogens is 497 g/mol. The van der Waals surface area contributed by atoms with Crippen LogP contribution in [0.5, 0.6) is 0 Å². The van der Waals surface area contributed by atoms with E-state index in [1.807, 2.05) is 0 Å². The van der Waals surface area contributed by atoms with E-state index in [4.69, 9.17) is 0 Å². The summed E-state index contributed by atoms with van der Waals surface area (Å²) in [6.45, 7) is 3.36. The molecular formula is C24H25F7N2OS. The first kappa shape index (κ1) is 27.2. The van der Waals surface area contributed by atoms with Crippen LogP contribution in [0.2, 0.25) is 0 Å². The third kappa shape index (κ3) is 6.05. The highest BCUT2D eigenvalue weighted by Gasteiger charge is 2.39. The monoisotopic (exact) mass is 522 g/mol. The van der Waals surface area contributed by atoms with Crippen LogP contribution in [0, 0.1) is 12.7 Å². The molecule has 11 heteroatoms. The third-order valence-corrected chi connectivity index (χ3v) is 6.86. The topological polar surface area (TPSA) is 23.6 Å². The molecule has 1 fully saturated rings. The number of aryl methyl sites for hydroxylation is 1. The number of hydrogen-bond acceptors (Lipinski definition) is 2. The fourth-order valence-electron chi connectivity index (χ4n) is 4.30. The SMILES string of the molecule is Cc1cc(F)ccc1[C@H]1C[C@@H](S)CCN1C(=O)N(C)[C@H](C)c1cc(C(F)(F)F)cc(C(F)(F)F)c1. The molecule has 0 spiro atoms. The number of piperidine rings is 1. The highest BCUT2D eigenvalue weighted by Crippen LogP contribution is 2.40. The van der Waals surface area contributed by atoms with Crippen molar-refractivity contribution >= 4 is 18.7 Å². The van der Waals surface area contributed by atoms with Crippen molar-refractivity contribution in [3.63, 3.8) is 0 Å². The summed E-state index contributed by atoms with van der Waals surface area (Å²) in [7, 11) is 1.34. The van der Waals surface area contributed by atoms with Gasteiger partial charge in [-0.3, -0.25) is 0 Å². The molecule has 0 N–H and O–H groups in total. The number of nitrogens with zero attached hydrogens (tertiary/aromatic N) is 2. The molecule has 0 saturated carbocycles. The van der Waals surface area contributed by atoms with Gasteiger partial charge in [0.15, 0.2) is 0 Å². The summed E-state index contributed by atoms with van der Waals surface area (Å²) >= 11 is 4.52. The zero-order chi connectivity index (χ0) is 26.3. The fraction of sp³-hybridized carbons (Fsp3) is 0.458. The minimum atomic E-state index is -4.99. The average molecular weight is 523 g/mol. The Bertz CT molecular complexity index is 1050. The van der Waals surface area contributed by atoms with Gasteiger partial charge in [-0.1, -0.05) is 6.07 Å². The second-order valence-electron chi connectivity index (χ2n) is 8.80. The van der Waals surface area contributed by atoms with Crippen molar-refractivity contribution in [2.45, 2.75) is 56.4 Å². The number of likely N-dealkylation sites (tertiary alicyclic amines) is 1. The van der Waals surface area contributed by atoms with Crippen molar-refractivity contribution in [3.8, 4) is 0 Å². The van der Waals surface area contributed by atoms with Crippen molar-refractivity contribution in [1.82, 2.24) is 9.80 Å². The Balaban J connectivity index is 1.95. The Morgan fingerprint density at radius 2 is 1.63 bits per heavy atom. The minimum absolute atomic E-state index is 0.0333. The van der Waals surface area contributed by atoms with Gasteiger partial charge in [0, 0.05) is 18.8 Å². The summed E-state index contributed by atoms with van der Waals surface area (Å²) in [6, 6.07) is 3.40. The molecule has 3 atom stereocenters. The number of urea groups is 1. The van der Waals surface area contributed by atoms with E-state index in [1.54, 1.807) is 13.0 Å². The molecule has 0 unspecified atom stereocenters. The van der Waals surface area contributed by atoms with Gasteiger partial charge in [0.1, 0.15) is 5.82 Å². The molecule has 35 heavy (non-hydrogen) atoms. The predicted molar refractivity (Wildman–Crippen MR) is 121 cm³/mol. The van der Waals surface area contributed by atoms with Crippen molar-refractivity contribution in [2.24, 2.45) is 0 Å². The van der Waals surface area contributed by atoms with E-state index in [0.29, 0.717) is 36.1 Å². The Labute approximate surface area is 204 Å². The van der Waals surface area contributed by atoms with Crippen LogP contribution in [-0.4, -0.2) is 34.7 Å². The molecule has 0 bridgehead atoms. The van der Waals surface area contributed by atoms with Crippen LogP contribution in [0.25, 0.3) is 0 Å². The normalized spacial score (nSPS) is 20.0. The lowest BCUT2D eigenvalue weighted by Gasteiger charge is -2.42. The highest BCUT2D eigenvalue weighted by atomic mass is 32.1. The van der Waals surface area contributed by atoms with Crippen LogP contribution >= 0.6 is 12.6 Å². The number of carbonyl (C=O) groups is 1. The number of alkyl halides is 6. The Hall–Kier alpha value is -2.43. The molecule has 2 amide bonds. The standard InChI is InChI=1S/C24H25F7N2OS/c1-13-8-18(25)4-5-20(13)21-12-19(35)6-7-33(21)22(34)32(3)14(2)15-9-16(23(26,27)28)11-17(10-15)24(29,30)31/h4-5,8-11,14,19,21,35H,6-7,12H2,1-3H3/t14-,19+,21-/m1/s1. The number of benzene rings is 2. The van der Waals surface area contributed by atoms with E-state index in [2.05, 4.69) is 12.6 Å². The number of hydrogen-bond donors (Lipinski definition) is 1. The van der Waals surface area contributed by atoms with Crippen molar-refractivity contribution in [2.75, 3.05) is 13.6 Å². The molecule has 2 aromatic carbocycles. The Kier molecular flexibility index (Phi) is 7.69. The van der Waals surface area contributed by atoms with E-state index in [1.165, 1.54) is 31.0 Å². The smallest absolute Gasteiger partial charge is 0.321 e. The third-order valence-electron chi connectivity index (χ3n) is 6.39. The summed E-state index contributed by atoms with van der Waals surface area (Å²) in [6.07, 6.45) is -8.96. The second kappa shape index (κ2) is 9.91. The first-order valence-electron chi connectivity index (χ1n) is 10.9. The van der Waals surface area contributed by atoms with E-state index in [9.17, 15) is 35.5 Å². The largest absolute Gasteiger partial charge is 0.416 e. The summed E-state index contributed by atoms with van der Waals surface area (Å²) in [5.74, 6) is -0.432. The summed E-state index contributed by atoms with van der Waals surface area (Å²) in [5.41, 5.74) is -1.84. The van der Waals surface area contributed by atoms with Gasteiger partial charge in [0.2, 0.25) is 0 Å². The van der Waals surface area contributed by atoms with Gasteiger partial charge in [-0.05, 0) is 73.7 Å². The summed E-state index contributed by atoms with van der Waals surface area (Å²) < 4.78 is 93.4. The molecule has 1 aliphatic heterocycles. The molecule has 0 aromatic heterocycles. The molecule has 1 heterocycles. The summed E-state index contributed by atoms with van der Waals surface area (Å²) in [4.78, 5) is 16.1. The fourth-order valence-corrected chi connectivity index (χ4v) is 4.61. The van der Waals surface area contributed by atoms with E-state index < -0.39 is 47.4 Å². The average Bonchev–Trinajstić information content (AvgIpc) is 2.76. The summed E-state index contributed by atoms with van der Waals surface area (Å²) in [5, 5.41) is -0.0333. The van der Waals surface area contributed by atoms with Crippen LogP contribution in [0.15, 0.2) is 36.4 Å². The first-order valence-corrected chi connectivity index (χ1v) is 11.4. The van der Waals surface area contributed by atoms with Crippen LogP contribution in [-0.2, 0) is 12.4 Å². The first-order chi connectivity index (χ1) is 16.1. The number of amides is 2. The van der Waals surface area contributed by atoms with Crippen LogP contribution in [0.1, 0.15) is 59.7 Å². The maximum Gasteiger partial charge on any atom is 0.416 e. The Morgan fingerprint density at radius 3 is 2.14 bits per heavy atom. The molecule has 3 nitrogen and oxygen atoms in total. The van der Waals surface area contributed by atoms with E-state index in [0.717, 1.165) is 4.90 Å². The molecule has 0 aliphatic carbocycles. The predicted octanol–water partition coefficient (Wildman–Crippen LogP) is 7.42. The number of thiol groups is 1. The molecule has 0 radical (unpaired) electrons. The second-order valence-corrected chi connectivity index (χ2v) is 9.53. The highest BCUT2D eigenvalue weighted by molar-refractivity contribution is 7.80. The lowest BCUT2D eigenvalue weighted by Crippen LogP contribution is -2.48. The van der Waals surface area contributed by atoms with Gasteiger partial charge in [-0.25, -0.2) is 9.18 Å².